The van der Waals surface area contributed by atoms with Crippen LogP contribution in [-0.2, 0) is 6.54 Å². The molecule has 1 saturated carbocycles. The fourth-order valence-electron chi connectivity index (χ4n) is 3.03. The zero-order chi connectivity index (χ0) is 14.9. The summed E-state index contributed by atoms with van der Waals surface area (Å²) in [6, 6.07) is 10.7. The Balaban J connectivity index is 1.33. The Morgan fingerprint density at radius 1 is 1.27 bits per heavy atom. The van der Waals surface area contributed by atoms with Gasteiger partial charge in [-0.15, -0.1) is 0 Å². The van der Waals surface area contributed by atoms with Crippen molar-refractivity contribution in [1.29, 1.82) is 0 Å². The van der Waals surface area contributed by atoms with Gasteiger partial charge in [0.2, 0.25) is 5.78 Å². The lowest BCUT2D eigenvalue weighted by Crippen LogP contribution is -2.39. The summed E-state index contributed by atoms with van der Waals surface area (Å²) in [7, 11) is 0. The summed E-state index contributed by atoms with van der Waals surface area (Å²) in [5.41, 5.74) is 2.38. The van der Waals surface area contributed by atoms with E-state index in [1.807, 2.05) is 35.0 Å². The van der Waals surface area contributed by atoms with Crippen molar-refractivity contribution in [3.63, 3.8) is 0 Å². The summed E-state index contributed by atoms with van der Waals surface area (Å²) in [5, 5.41) is 4.40. The van der Waals surface area contributed by atoms with Crippen LogP contribution in [0.25, 0.3) is 5.78 Å². The molecule has 0 atom stereocenters. The third-order valence-electron chi connectivity index (χ3n) is 4.32. The summed E-state index contributed by atoms with van der Waals surface area (Å²) < 4.78 is 1.95. The lowest BCUT2D eigenvalue weighted by atomic mass is 9.76. The molecule has 1 N–H and O–H groups in total. The number of fused-ring (bicyclic) bond motifs is 1. The van der Waals surface area contributed by atoms with Gasteiger partial charge < -0.3 is 5.32 Å². The topological polar surface area (TPSA) is 42.2 Å². The van der Waals surface area contributed by atoms with Gasteiger partial charge in [-0.1, -0.05) is 23.7 Å². The van der Waals surface area contributed by atoms with E-state index in [9.17, 15) is 0 Å². The van der Waals surface area contributed by atoms with Gasteiger partial charge in [0, 0.05) is 36.2 Å². The van der Waals surface area contributed by atoms with Gasteiger partial charge in [0.1, 0.15) is 0 Å². The van der Waals surface area contributed by atoms with Crippen LogP contribution in [0.3, 0.4) is 0 Å². The highest BCUT2D eigenvalue weighted by Gasteiger charge is 2.29. The standard InChI is InChI=1S/C17H17ClN4/c18-14-4-1-3-12(7-14)13-8-15(9-13)20-10-16-11-22-6-2-5-19-17(22)21-16/h1-7,11,13,15,20H,8-10H2. The van der Waals surface area contributed by atoms with E-state index in [0.29, 0.717) is 12.0 Å². The molecule has 0 spiro atoms. The number of aromatic nitrogens is 3. The molecule has 0 saturated heterocycles. The maximum absolute atomic E-state index is 6.05. The summed E-state index contributed by atoms with van der Waals surface area (Å²) in [6.45, 7) is 0.788. The molecule has 1 aliphatic rings. The molecule has 4 nitrogen and oxygen atoms in total. The van der Waals surface area contributed by atoms with Crippen molar-refractivity contribution in [3.05, 3.63) is 65.2 Å². The summed E-state index contributed by atoms with van der Waals surface area (Å²) in [5.74, 6) is 1.38. The van der Waals surface area contributed by atoms with Gasteiger partial charge in [-0.2, -0.15) is 0 Å². The van der Waals surface area contributed by atoms with Crippen LogP contribution in [-0.4, -0.2) is 20.4 Å². The molecular formula is C17H17ClN4. The molecule has 0 unspecified atom stereocenters. The largest absolute Gasteiger partial charge is 0.308 e. The van der Waals surface area contributed by atoms with E-state index in [1.165, 1.54) is 5.56 Å². The first-order valence-electron chi connectivity index (χ1n) is 7.55. The molecule has 1 aliphatic carbocycles. The van der Waals surface area contributed by atoms with Gasteiger partial charge in [-0.25, -0.2) is 9.97 Å². The zero-order valence-electron chi connectivity index (χ0n) is 12.1. The Labute approximate surface area is 134 Å². The van der Waals surface area contributed by atoms with Gasteiger partial charge >= 0.3 is 0 Å². The molecule has 5 heteroatoms. The first-order valence-corrected chi connectivity index (χ1v) is 7.93. The molecule has 2 heterocycles. The minimum Gasteiger partial charge on any atom is -0.308 e. The van der Waals surface area contributed by atoms with Crippen LogP contribution in [0.1, 0.15) is 30.0 Å². The maximum atomic E-state index is 6.05. The van der Waals surface area contributed by atoms with Crippen LogP contribution in [0.4, 0.5) is 0 Å². The van der Waals surface area contributed by atoms with E-state index < -0.39 is 0 Å². The van der Waals surface area contributed by atoms with Gasteiger partial charge in [0.15, 0.2) is 0 Å². The quantitative estimate of drug-likeness (QED) is 0.802. The first kappa shape index (κ1) is 13.7. The number of halogens is 1. The SMILES string of the molecule is Clc1cccc(C2CC(NCc3cn4cccnc4n3)C2)c1. The third kappa shape index (κ3) is 2.72. The molecule has 0 radical (unpaired) electrons. The second kappa shape index (κ2) is 5.71. The normalized spacial score (nSPS) is 21.0. The Kier molecular flexibility index (Phi) is 3.56. The number of nitrogens with one attached hydrogen (secondary N) is 1. The van der Waals surface area contributed by atoms with Gasteiger partial charge in [0.05, 0.1) is 5.69 Å². The summed E-state index contributed by atoms with van der Waals surface area (Å²) >= 11 is 6.05. The summed E-state index contributed by atoms with van der Waals surface area (Å²) in [6.07, 6.45) is 8.08. The van der Waals surface area contributed by atoms with Crippen molar-refractivity contribution >= 4 is 17.4 Å². The van der Waals surface area contributed by atoms with Crippen molar-refractivity contribution in [2.75, 3.05) is 0 Å². The molecular weight excluding hydrogens is 296 g/mol. The summed E-state index contributed by atoms with van der Waals surface area (Å²) in [4.78, 5) is 8.74. The Morgan fingerprint density at radius 3 is 3.00 bits per heavy atom. The first-order chi connectivity index (χ1) is 10.8. The van der Waals surface area contributed by atoms with Gasteiger partial charge in [-0.05, 0) is 42.5 Å². The van der Waals surface area contributed by atoms with Crippen molar-refractivity contribution in [1.82, 2.24) is 19.7 Å². The van der Waals surface area contributed by atoms with Crippen LogP contribution in [0, 0.1) is 0 Å². The number of imidazole rings is 1. The molecule has 0 amide bonds. The van der Waals surface area contributed by atoms with Gasteiger partial charge in [0.25, 0.3) is 0 Å². The monoisotopic (exact) mass is 312 g/mol. The van der Waals surface area contributed by atoms with Crippen LogP contribution < -0.4 is 5.32 Å². The number of rotatable bonds is 4. The van der Waals surface area contributed by atoms with E-state index in [1.54, 1.807) is 6.20 Å². The Morgan fingerprint density at radius 2 is 2.18 bits per heavy atom. The van der Waals surface area contributed by atoms with E-state index >= 15 is 0 Å². The predicted molar refractivity (Wildman–Crippen MR) is 87.0 cm³/mol. The third-order valence-corrected chi connectivity index (χ3v) is 4.55. The highest BCUT2D eigenvalue weighted by molar-refractivity contribution is 6.30. The fourth-order valence-corrected chi connectivity index (χ4v) is 3.23. The number of hydrogen-bond acceptors (Lipinski definition) is 3. The van der Waals surface area contributed by atoms with Crippen LogP contribution in [0.5, 0.6) is 0 Å². The van der Waals surface area contributed by atoms with Crippen LogP contribution in [0.15, 0.2) is 48.9 Å². The molecule has 1 aromatic carbocycles. The lowest BCUT2D eigenvalue weighted by Gasteiger charge is -2.36. The maximum Gasteiger partial charge on any atom is 0.233 e. The molecule has 0 aliphatic heterocycles. The van der Waals surface area contributed by atoms with E-state index in [4.69, 9.17) is 11.6 Å². The minimum atomic E-state index is 0.557. The van der Waals surface area contributed by atoms with Crippen molar-refractivity contribution in [2.45, 2.75) is 31.3 Å². The molecule has 1 fully saturated rings. The second-order valence-corrected chi connectivity index (χ2v) is 6.30. The van der Waals surface area contributed by atoms with E-state index in [-0.39, 0.29) is 0 Å². The molecule has 22 heavy (non-hydrogen) atoms. The Bertz CT molecular complexity index is 759. The molecule has 4 rings (SSSR count). The number of benzene rings is 1. The van der Waals surface area contributed by atoms with Crippen molar-refractivity contribution in [2.24, 2.45) is 0 Å². The second-order valence-electron chi connectivity index (χ2n) is 5.86. The predicted octanol–water partition coefficient (Wildman–Crippen LogP) is 3.42. The zero-order valence-corrected chi connectivity index (χ0v) is 12.9. The molecule has 0 bridgehead atoms. The minimum absolute atomic E-state index is 0.557. The van der Waals surface area contributed by atoms with Crippen LogP contribution in [0.2, 0.25) is 5.02 Å². The van der Waals surface area contributed by atoms with E-state index in [0.717, 1.165) is 35.9 Å². The van der Waals surface area contributed by atoms with Gasteiger partial charge in [-0.3, -0.25) is 4.40 Å². The van der Waals surface area contributed by atoms with Crippen LogP contribution >= 0.6 is 11.6 Å². The van der Waals surface area contributed by atoms with Crippen molar-refractivity contribution in [3.8, 4) is 0 Å². The highest BCUT2D eigenvalue weighted by atomic mass is 35.5. The number of nitrogens with zero attached hydrogens (tertiary/aromatic N) is 3. The average Bonchev–Trinajstić information content (AvgIpc) is 2.88. The smallest absolute Gasteiger partial charge is 0.233 e. The lowest BCUT2D eigenvalue weighted by molar-refractivity contribution is 0.289. The van der Waals surface area contributed by atoms with E-state index in [2.05, 4.69) is 27.4 Å². The number of hydrogen-bond donors (Lipinski definition) is 1. The molecule has 2 aromatic heterocycles. The average molecular weight is 313 g/mol. The highest BCUT2D eigenvalue weighted by Crippen LogP contribution is 2.37. The fraction of sp³-hybridized carbons (Fsp3) is 0.294. The molecule has 3 aromatic rings. The van der Waals surface area contributed by atoms with Crippen molar-refractivity contribution < 1.29 is 0 Å². The Hall–Kier alpha value is -1.91. The molecule has 112 valence electrons.